The Labute approximate surface area is 121 Å². The van der Waals surface area contributed by atoms with E-state index < -0.39 is 0 Å². The molecule has 6 nitrogen and oxygen atoms in total. The van der Waals surface area contributed by atoms with Gasteiger partial charge < -0.3 is 4.74 Å². The Morgan fingerprint density at radius 2 is 2.30 bits per heavy atom. The van der Waals surface area contributed by atoms with Gasteiger partial charge in [-0.15, -0.1) is 0 Å². The van der Waals surface area contributed by atoms with E-state index in [2.05, 4.69) is 15.1 Å². The topological polar surface area (TPSA) is 69.9 Å². The van der Waals surface area contributed by atoms with Crippen LogP contribution in [0.3, 0.4) is 0 Å². The van der Waals surface area contributed by atoms with E-state index in [4.69, 9.17) is 4.74 Å². The Morgan fingerprint density at radius 3 is 2.95 bits per heavy atom. The van der Waals surface area contributed by atoms with Gasteiger partial charge in [0.25, 0.3) is 0 Å². The molecule has 2 heterocycles. The molecule has 0 unspecified atom stereocenters. The Morgan fingerprint density at radius 1 is 1.50 bits per heavy atom. The number of aryl methyl sites for hydroxylation is 1. The molecule has 0 aliphatic heterocycles. The molecule has 0 saturated heterocycles. The number of ether oxygens (including phenoxy) is 1. The molecule has 2 aromatic heterocycles. The first-order chi connectivity index (χ1) is 9.61. The molecule has 0 aliphatic carbocycles. The number of esters is 1. The van der Waals surface area contributed by atoms with Gasteiger partial charge in [0.1, 0.15) is 0 Å². The highest BCUT2D eigenvalue weighted by atomic mass is 32.2. The molecular formula is C13H16N4O2S. The zero-order chi connectivity index (χ0) is 14.5. The largest absolute Gasteiger partial charge is 0.465 e. The van der Waals surface area contributed by atoms with Crippen molar-refractivity contribution >= 4 is 17.7 Å². The molecule has 7 heteroatoms. The maximum atomic E-state index is 11.3. The van der Waals surface area contributed by atoms with E-state index in [1.165, 1.54) is 11.8 Å². The van der Waals surface area contributed by atoms with Gasteiger partial charge in [-0.2, -0.15) is 5.10 Å². The van der Waals surface area contributed by atoms with Crippen LogP contribution in [0.2, 0.25) is 0 Å². The van der Waals surface area contributed by atoms with Crippen LogP contribution in [0.1, 0.15) is 12.6 Å². The van der Waals surface area contributed by atoms with Crippen molar-refractivity contribution in [3.05, 3.63) is 24.2 Å². The van der Waals surface area contributed by atoms with E-state index in [1.807, 2.05) is 20.0 Å². The number of carbonyl (C=O) groups is 1. The molecule has 2 aromatic rings. The molecule has 20 heavy (non-hydrogen) atoms. The molecule has 0 spiro atoms. The highest BCUT2D eigenvalue weighted by Crippen LogP contribution is 2.22. The van der Waals surface area contributed by atoms with Gasteiger partial charge in [-0.05, 0) is 19.9 Å². The lowest BCUT2D eigenvalue weighted by Gasteiger charge is -2.03. The fourth-order valence-corrected chi connectivity index (χ4v) is 2.27. The lowest BCUT2D eigenvalue weighted by atomic mass is 10.2. The van der Waals surface area contributed by atoms with Crippen molar-refractivity contribution in [2.24, 2.45) is 7.05 Å². The molecule has 0 fully saturated rings. The second-order valence-electron chi connectivity index (χ2n) is 4.09. The van der Waals surface area contributed by atoms with Crippen molar-refractivity contribution in [1.29, 1.82) is 0 Å². The lowest BCUT2D eigenvalue weighted by Crippen LogP contribution is -2.07. The van der Waals surface area contributed by atoms with Gasteiger partial charge >= 0.3 is 5.97 Å². The minimum Gasteiger partial charge on any atom is -0.465 e. The molecule has 0 radical (unpaired) electrons. The average molecular weight is 292 g/mol. The third-order valence-electron chi connectivity index (χ3n) is 2.77. The van der Waals surface area contributed by atoms with Crippen molar-refractivity contribution in [3.63, 3.8) is 0 Å². The standard InChI is InChI=1S/C13H16N4O2S/c1-4-19-12(18)8-20-13-14-6-5-11(16-13)10-7-15-17(3)9(10)2/h5-7H,4,8H2,1-3H3. The van der Waals surface area contributed by atoms with Crippen molar-refractivity contribution < 1.29 is 9.53 Å². The molecule has 0 saturated carbocycles. The molecule has 0 aliphatic rings. The highest BCUT2D eigenvalue weighted by molar-refractivity contribution is 7.99. The monoisotopic (exact) mass is 292 g/mol. The zero-order valence-corrected chi connectivity index (χ0v) is 12.5. The Kier molecular flexibility index (Phi) is 4.73. The number of hydrogen-bond acceptors (Lipinski definition) is 6. The van der Waals surface area contributed by atoms with E-state index in [1.54, 1.807) is 24.0 Å². The van der Waals surface area contributed by atoms with E-state index in [9.17, 15) is 4.79 Å². The van der Waals surface area contributed by atoms with E-state index in [-0.39, 0.29) is 11.7 Å². The normalized spacial score (nSPS) is 10.6. The first-order valence-electron chi connectivity index (χ1n) is 6.22. The number of hydrogen-bond donors (Lipinski definition) is 0. The average Bonchev–Trinajstić information content (AvgIpc) is 2.78. The summed E-state index contributed by atoms with van der Waals surface area (Å²) in [5, 5.41) is 4.75. The molecule has 0 amide bonds. The summed E-state index contributed by atoms with van der Waals surface area (Å²) >= 11 is 1.27. The van der Waals surface area contributed by atoms with Gasteiger partial charge in [-0.3, -0.25) is 9.48 Å². The van der Waals surface area contributed by atoms with Crippen molar-refractivity contribution in [2.75, 3.05) is 12.4 Å². The summed E-state index contributed by atoms with van der Waals surface area (Å²) in [6, 6.07) is 1.83. The van der Waals surface area contributed by atoms with Gasteiger partial charge in [0.2, 0.25) is 0 Å². The number of rotatable bonds is 5. The van der Waals surface area contributed by atoms with Crippen LogP contribution in [0.4, 0.5) is 0 Å². The van der Waals surface area contributed by atoms with Gasteiger partial charge in [0, 0.05) is 24.5 Å². The van der Waals surface area contributed by atoms with Crippen molar-refractivity contribution in [1.82, 2.24) is 19.7 Å². The van der Waals surface area contributed by atoms with E-state index >= 15 is 0 Å². The molecule has 0 aromatic carbocycles. The predicted octanol–water partition coefficient (Wildman–Crippen LogP) is 1.84. The summed E-state index contributed by atoms with van der Waals surface area (Å²) in [5.74, 6) is -0.0485. The van der Waals surface area contributed by atoms with Crippen molar-refractivity contribution in [2.45, 2.75) is 19.0 Å². The number of aromatic nitrogens is 4. The molecule has 106 valence electrons. The maximum absolute atomic E-state index is 11.3. The van der Waals surface area contributed by atoms with Gasteiger partial charge in [-0.25, -0.2) is 9.97 Å². The fourth-order valence-electron chi connectivity index (χ4n) is 1.64. The Balaban J connectivity index is 2.12. The first kappa shape index (κ1) is 14.5. The second-order valence-corrected chi connectivity index (χ2v) is 5.03. The Bertz CT molecular complexity index is 612. The summed E-state index contributed by atoms with van der Waals surface area (Å²) < 4.78 is 6.67. The smallest absolute Gasteiger partial charge is 0.316 e. The summed E-state index contributed by atoms with van der Waals surface area (Å²) in [5.41, 5.74) is 2.80. The summed E-state index contributed by atoms with van der Waals surface area (Å²) in [6.07, 6.45) is 3.46. The van der Waals surface area contributed by atoms with Gasteiger partial charge in [-0.1, -0.05) is 11.8 Å². The van der Waals surface area contributed by atoms with Crippen molar-refractivity contribution in [3.8, 4) is 11.3 Å². The SMILES string of the molecule is CCOC(=O)CSc1nccc(-c2cnn(C)c2C)n1. The number of thioether (sulfide) groups is 1. The summed E-state index contributed by atoms with van der Waals surface area (Å²) in [4.78, 5) is 19.9. The summed E-state index contributed by atoms with van der Waals surface area (Å²) in [7, 11) is 1.89. The molecular weight excluding hydrogens is 276 g/mol. The zero-order valence-electron chi connectivity index (χ0n) is 11.7. The van der Waals surface area contributed by atoms with Crippen LogP contribution in [-0.2, 0) is 16.6 Å². The molecule has 2 rings (SSSR count). The maximum Gasteiger partial charge on any atom is 0.316 e. The van der Waals surface area contributed by atoms with E-state index in [0.717, 1.165) is 17.0 Å². The third-order valence-corrected chi connectivity index (χ3v) is 3.60. The van der Waals surface area contributed by atoms with Crippen LogP contribution in [0.5, 0.6) is 0 Å². The van der Waals surface area contributed by atoms with Crippen LogP contribution in [0, 0.1) is 6.92 Å². The number of nitrogens with zero attached hydrogens (tertiary/aromatic N) is 4. The molecule has 0 atom stereocenters. The van der Waals surface area contributed by atoms with Crippen LogP contribution < -0.4 is 0 Å². The van der Waals surface area contributed by atoms with Gasteiger partial charge in [0.05, 0.1) is 24.3 Å². The van der Waals surface area contributed by atoms with Crippen LogP contribution in [0.15, 0.2) is 23.6 Å². The lowest BCUT2D eigenvalue weighted by molar-refractivity contribution is -0.139. The van der Waals surface area contributed by atoms with Crippen LogP contribution in [0.25, 0.3) is 11.3 Å². The molecule has 0 bridgehead atoms. The van der Waals surface area contributed by atoms with Crippen LogP contribution in [-0.4, -0.2) is 38.1 Å². The van der Waals surface area contributed by atoms with Gasteiger partial charge in [0.15, 0.2) is 5.16 Å². The second kappa shape index (κ2) is 6.51. The fraction of sp³-hybridized carbons (Fsp3) is 0.385. The quantitative estimate of drug-likeness (QED) is 0.476. The minimum absolute atomic E-state index is 0.212. The minimum atomic E-state index is -0.260. The number of carbonyl (C=O) groups excluding carboxylic acids is 1. The molecule has 0 N–H and O–H groups in total. The summed E-state index contributed by atoms with van der Waals surface area (Å²) in [6.45, 7) is 4.15. The Hall–Kier alpha value is -1.89. The van der Waals surface area contributed by atoms with Crippen LogP contribution >= 0.6 is 11.8 Å². The van der Waals surface area contributed by atoms with E-state index in [0.29, 0.717) is 11.8 Å². The predicted molar refractivity (Wildman–Crippen MR) is 76.3 cm³/mol. The third kappa shape index (κ3) is 3.36. The first-order valence-corrected chi connectivity index (χ1v) is 7.20. The highest BCUT2D eigenvalue weighted by Gasteiger charge is 2.10.